The minimum atomic E-state index is -0.0690. The number of hydrogen-bond donors (Lipinski definition) is 1. The van der Waals surface area contributed by atoms with Gasteiger partial charge in [0.2, 0.25) is 0 Å². The lowest BCUT2D eigenvalue weighted by atomic mass is 10.0. The summed E-state index contributed by atoms with van der Waals surface area (Å²) < 4.78 is 10.7. The van der Waals surface area contributed by atoms with Crippen LogP contribution >= 0.6 is 0 Å². The maximum Gasteiger partial charge on any atom is 0.258 e. The summed E-state index contributed by atoms with van der Waals surface area (Å²) in [5.41, 5.74) is 2.59. The van der Waals surface area contributed by atoms with Crippen molar-refractivity contribution >= 4 is 5.91 Å². The number of hydrogen-bond acceptors (Lipinski definition) is 6. The number of ether oxygens (including phenoxy) is 2. The maximum absolute atomic E-state index is 13.1. The molecule has 0 aliphatic carbocycles. The number of nitrogens with zero attached hydrogens (tertiary/aromatic N) is 3. The molecule has 4 rings (SSSR count). The van der Waals surface area contributed by atoms with Crippen molar-refractivity contribution < 1.29 is 14.3 Å². The summed E-state index contributed by atoms with van der Waals surface area (Å²) in [5, 5.41) is 3.36. The summed E-state index contributed by atoms with van der Waals surface area (Å²) in [7, 11) is 3.12. The Kier molecular flexibility index (Phi) is 4.94. The molecule has 1 fully saturated rings. The third-order valence-corrected chi connectivity index (χ3v) is 5.30. The van der Waals surface area contributed by atoms with Crippen LogP contribution in [0.4, 0.5) is 0 Å². The number of aromatic nitrogens is 2. The van der Waals surface area contributed by atoms with Crippen LogP contribution in [0.15, 0.2) is 24.4 Å². The SMILES string of the molecule is COc1cccc(C(=O)N2CCc3nc(C4CCNC4)ncc3C2)c1OC. The van der Waals surface area contributed by atoms with Crippen LogP contribution in [0, 0.1) is 0 Å². The molecule has 1 aromatic carbocycles. The molecule has 1 unspecified atom stereocenters. The minimum Gasteiger partial charge on any atom is -0.493 e. The van der Waals surface area contributed by atoms with Crippen molar-refractivity contribution in [1.82, 2.24) is 20.2 Å². The van der Waals surface area contributed by atoms with E-state index < -0.39 is 0 Å². The number of carbonyl (C=O) groups excluding carboxylic acids is 1. The van der Waals surface area contributed by atoms with Crippen molar-refractivity contribution in [3.63, 3.8) is 0 Å². The molecule has 1 saturated heterocycles. The first-order valence-corrected chi connectivity index (χ1v) is 9.27. The fraction of sp³-hybridized carbons (Fsp3) is 0.450. The third kappa shape index (κ3) is 3.35. The van der Waals surface area contributed by atoms with Crippen LogP contribution in [0.5, 0.6) is 11.5 Å². The van der Waals surface area contributed by atoms with Crippen molar-refractivity contribution in [1.29, 1.82) is 0 Å². The highest BCUT2D eigenvalue weighted by Gasteiger charge is 2.27. The molecule has 1 amide bonds. The van der Waals surface area contributed by atoms with E-state index in [1.54, 1.807) is 32.4 Å². The molecule has 0 radical (unpaired) electrons. The first kappa shape index (κ1) is 17.7. The fourth-order valence-corrected chi connectivity index (χ4v) is 3.80. The Labute approximate surface area is 158 Å². The van der Waals surface area contributed by atoms with Gasteiger partial charge in [-0.1, -0.05) is 6.07 Å². The van der Waals surface area contributed by atoms with Gasteiger partial charge in [0, 0.05) is 43.7 Å². The van der Waals surface area contributed by atoms with Crippen molar-refractivity contribution in [3.05, 3.63) is 47.0 Å². The number of carbonyl (C=O) groups is 1. The molecule has 2 aromatic rings. The molecule has 0 spiro atoms. The summed E-state index contributed by atoms with van der Waals surface area (Å²) in [6.07, 6.45) is 3.71. The molecule has 27 heavy (non-hydrogen) atoms. The lowest BCUT2D eigenvalue weighted by Gasteiger charge is -2.29. The van der Waals surface area contributed by atoms with Gasteiger partial charge in [0.15, 0.2) is 11.5 Å². The van der Waals surface area contributed by atoms with Gasteiger partial charge in [0.1, 0.15) is 5.82 Å². The van der Waals surface area contributed by atoms with Crippen LogP contribution in [0.1, 0.15) is 39.8 Å². The number of amides is 1. The van der Waals surface area contributed by atoms with E-state index in [4.69, 9.17) is 14.5 Å². The zero-order valence-corrected chi connectivity index (χ0v) is 15.7. The molecule has 2 aliphatic heterocycles. The Bertz CT molecular complexity index is 849. The first-order valence-electron chi connectivity index (χ1n) is 9.27. The van der Waals surface area contributed by atoms with Gasteiger partial charge in [0.05, 0.1) is 25.5 Å². The van der Waals surface area contributed by atoms with Gasteiger partial charge < -0.3 is 19.7 Å². The Hall–Kier alpha value is -2.67. The molecule has 0 bridgehead atoms. The molecular weight excluding hydrogens is 344 g/mol. The van der Waals surface area contributed by atoms with Crippen molar-refractivity contribution in [2.75, 3.05) is 33.9 Å². The van der Waals surface area contributed by atoms with E-state index in [0.717, 1.165) is 43.0 Å². The largest absolute Gasteiger partial charge is 0.493 e. The van der Waals surface area contributed by atoms with Crippen LogP contribution in [-0.4, -0.2) is 54.6 Å². The summed E-state index contributed by atoms with van der Waals surface area (Å²) in [4.78, 5) is 24.3. The topological polar surface area (TPSA) is 76.6 Å². The average molecular weight is 368 g/mol. The zero-order chi connectivity index (χ0) is 18.8. The van der Waals surface area contributed by atoms with Crippen LogP contribution in [-0.2, 0) is 13.0 Å². The predicted molar refractivity (Wildman–Crippen MR) is 100 cm³/mol. The Morgan fingerprint density at radius 1 is 1.30 bits per heavy atom. The van der Waals surface area contributed by atoms with Crippen LogP contribution in [0.3, 0.4) is 0 Å². The standard InChI is InChI=1S/C20H24N4O3/c1-26-17-5-3-4-15(18(17)27-2)20(25)24-9-7-16-14(12-24)11-22-19(23-16)13-6-8-21-10-13/h3-5,11,13,21H,6-10,12H2,1-2H3. The van der Waals surface area contributed by atoms with Gasteiger partial charge in [0.25, 0.3) is 5.91 Å². The Morgan fingerprint density at radius 3 is 2.93 bits per heavy atom. The smallest absolute Gasteiger partial charge is 0.258 e. The highest BCUT2D eigenvalue weighted by molar-refractivity contribution is 5.98. The number of benzene rings is 1. The number of fused-ring (bicyclic) bond motifs is 1. The lowest BCUT2D eigenvalue weighted by Crippen LogP contribution is -2.37. The van der Waals surface area contributed by atoms with Gasteiger partial charge in [-0.3, -0.25) is 4.79 Å². The molecule has 3 heterocycles. The van der Waals surface area contributed by atoms with Gasteiger partial charge in [-0.05, 0) is 25.1 Å². The second-order valence-electron chi connectivity index (χ2n) is 6.91. The van der Waals surface area contributed by atoms with E-state index in [-0.39, 0.29) is 5.91 Å². The monoisotopic (exact) mass is 368 g/mol. The average Bonchev–Trinajstić information content (AvgIpc) is 3.26. The van der Waals surface area contributed by atoms with E-state index in [1.165, 1.54) is 0 Å². The lowest BCUT2D eigenvalue weighted by molar-refractivity contribution is 0.0729. The second-order valence-corrected chi connectivity index (χ2v) is 6.91. The predicted octanol–water partition coefficient (Wildman–Crippen LogP) is 1.77. The van der Waals surface area contributed by atoms with Gasteiger partial charge in [-0.2, -0.15) is 0 Å². The number of methoxy groups -OCH3 is 2. The summed E-state index contributed by atoms with van der Waals surface area (Å²) in [6, 6.07) is 5.36. The van der Waals surface area contributed by atoms with Crippen LogP contribution in [0.25, 0.3) is 0 Å². The molecule has 1 N–H and O–H groups in total. The second kappa shape index (κ2) is 7.52. The van der Waals surface area contributed by atoms with E-state index in [1.807, 2.05) is 11.1 Å². The van der Waals surface area contributed by atoms with E-state index >= 15 is 0 Å². The molecule has 1 atom stereocenters. The number of rotatable bonds is 4. The summed E-state index contributed by atoms with van der Waals surface area (Å²) in [5.74, 6) is 2.28. The maximum atomic E-state index is 13.1. The highest BCUT2D eigenvalue weighted by Crippen LogP contribution is 2.32. The van der Waals surface area contributed by atoms with Crippen LogP contribution in [0.2, 0.25) is 0 Å². The van der Waals surface area contributed by atoms with Crippen LogP contribution < -0.4 is 14.8 Å². The first-order chi connectivity index (χ1) is 13.2. The quantitative estimate of drug-likeness (QED) is 0.886. The van der Waals surface area contributed by atoms with Crippen molar-refractivity contribution in [2.45, 2.75) is 25.3 Å². The Morgan fingerprint density at radius 2 is 2.19 bits per heavy atom. The Balaban J connectivity index is 1.55. The summed E-state index contributed by atoms with van der Waals surface area (Å²) in [6.45, 7) is 3.11. The fourth-order valence-electron chi connectivity index (χ4n) is 3.80. The molecule has 2 aliphatic rings. The van der Waals surface area contributed by atoms with E-state index in [2.05, 4.69) is 10.3 Å². The third-order valence-electron chi connectivity index (χ3n) is 5.30. The van der Waals surface area contributed by atoms with Crippen molar-refractivity contribution in [3.8, 4) is 11.5 Å². The molecule has 7 nitrogen and oxygen atoms in total. The van der Waals surface area contributed by atoms with Crippen molar-refractivity contribution in [2.24, 2.45) is 0 Å². The summed E-state index contributed by atoms with van der Waals surface area (Å²) >= 11 is 0. The molecule has 7 heteroatoms. The van der Waals surface area contributed by atoms with Gasteiger partial charge >= 0.3 is 0 Å². The van der Waals surface area contributed by atoms with E-state index in [0.29, 0.717) is 36.1 Å². The van der Waals surface area contributed by atoms with Gasteiger partial charge in [-0.15, -0.1) is 0 Å². The molecular formula is C20H24N4O3. The number of nitrogens with one attached hydrogen (secondary N) is 1. The normalized spacial score (nSPS) is 18.9. The molecule has 142 valence electrons. The van der Waals surface area contributed by atoms with Gasteiger partial charge in [-0.25, -0.2) is 9.97 Å². The minimum absolute atomic E-state index is 0.0690. The van der Waals surface area contributed by atoms with E-state index in [9.17, 15) is 4.79 Å². The highest BCUT2D eigenvalue weighted by atomic mass is 16.5. The molecule has 1 aromatic heterocycles. The zero-order valence-electron chi connectivity index (χ0n) is 15.7. The number of para-hydroxylation sites is 1. The molecule has 0 saturated carbocycles.